The van der Waals surface area contributed by atoms with Crippen molar-refractivity contribution in [2.75, 3.05) is 25.6 Å². The standard InChI is InChI=1S/C20H26N4O5S/c1-28-14-10-22-19(29-11-14)17(9-21)30(26,27)24-20(25)23-18-15-6-2-4-12(15)8-13-5-3-7-16(13)18/h8-9,14,21-22H,2-7,10-11H2,1H3,(H2,23,24,25)/b19-17-,21-9?. The van der Waals surface area contributed by atoms with Crippen LogP contribution in [0.3, 0.4) is 0 Å². The highest BCUT2D eigenvalue weighted by Crippen LogP contribution is 2.38. The Kier molecular flexibility index (Phi) is 5.70. The molecule has 1 aromatic rings. The molecule has 10 heteroatoms. The van der Waals surface area contributed by atoms with Gasteiger partial charge in [-0.3, -0.25) is 0 Å². The molecule has 4 N–H and O–H groups in total. The number of fused-ring (bicyclic) bond motifs is 2. The highest BCUT2D eigenvalue weighted by Gasteiger charge is 2.29. The van der Waals surface area contributed by atoms with Gasteiger partial charge in [0, 0.05) is 25.6 Å². The average Bonchev–Trinajstić information content (AvgIpc) is 3.37. The Morgan fingerprint density at radius 2 is 1.90 bits per heavy atom. The van der Waals surface area contributed by atoms with E-state index in [4.69, 9.17) is 14.9 Å². The van der Waals surface area contributed by atoms with Gasteiger partial charge in [-0.1, -0.05) is 6.07 Å². The Morgan fingerprint density at radius 1 is 1.23 bits per heavy atom. The summed E-state index contributed by atoms with van der Waals surface area (Å²) in [7, 11) is -2.77. The number of methoxy groups -OCH3 is 1. The number of ether oxygens (including phenoxy) is 2. The Labute approximate surface area is 175 Å². The number of aryl methyl sites for hydroxylation is 2. The van der Waals surface area contributed by atoms with Crippen LogP contribution in [-0.2, 0) is 45.2 Å². The minimum Gasteiger partial charge on any atom is -0.475 e. The first-order chi connectivity index (χ1) is 14.4. The van der Waals surface area contributed by atoms with Crippen LogP contribution in [0.1, 0.15) is 35.1 Å². The lowest BCUT2D eigenvalue weighted by atomic mass is 9.99. The van der Waals surface area contributed by atoms with Crippen molar-refractivity contribution in [1.82, 2.24) is 10.0 Å². The molecular weight excluding hydrogens is 408 g/mol. The zero-order chi connectivity index (χ0) is 21.3. The maximum absolute atomic E-state index is 12.7. The van der Waals surface area contributed by atoms with Gasteiger partial charge in [0.25, 0.3) is 10.0 Å². The number of nitrogens with one attached hydrogen (secondary N) is 4. The minimum absolute atomic E-state index is 0.0694. The third kappa shape index (κ3) is 3.89. The Morgan fingerprint density at radius 3 is 2.43 bits per heavy atom. The average molecular weight is 435 g/mol. The number of hydrogen-bond acceptors (Lipinski definition) is 7. The number of benzene rings is 1. The van der Waals surface area contributed by atoms with Crippen molar-refractivity contribution in [3.63, 3.8) is 0 Å². The molecular formula is C20H26N4O5S. The number of carbonyl (C=O) groups is 1. The molecule has 0 bridgehead atoms. The topological polar surface area (TPSA) is 130 Å². The monoisotopic (exact) mass is 434 g/mol. The van der Waals surface area contributed by atoms with Gasteiger partial charge < -0.3 is 25.5 Å². The largest absolute Gasteiger partial charge is 0.475 e. The normalized spacial score (nSPS) is 21.7. The predicted molar refractivity (Wildman–Crippen MR) is 112 cm³/mol. The molecule has 1 fully saturated rings. The highest BCUT2D eigenvalue weighted by molar-refractivity contribution is 7.94. The third-order valence-corrected chi connectivity index (χ3v) is 7.16. The second-order valence-electron chi connectivity index (χ2n) is 7.68. The van der Waals surface area contributed by atoms with Gasteiger partial charge in [-0.2, -0.15) is 0 Å². The molecule has 1 atom stereocenters. The van der Waals surface area contributed by atoms with Gasteiger partial charge in [-0.25, -0.2) is 17.9 Å². The summed E-state index contributed by atoms with van der Waals surface area (Å²) in [5.74, 6) is -0.0694. The lowest BCUT2D eigenvalue weighted by Crippen LogP contribution is -2.42. The van der Waals surface area contributed by atoms with Crippen LogP contribution in [0, 0.1) is 5.41 Å². The van der Waals surface area contributed by atoms with Gasteiger partial charge in [0.2, 0.25) is 5.88 Å². The van der Waals surface area contributed by atoms with E-state index in [-0.39, 0.29) is 18.6 Å². The Balaban J connectivity index is 1.54. The van der Waals surface area contributed by atoms with E-state index < -0.39 is 21.0 Å². The first kappa shape index (κ1) is 20.7. The van der Waals surface area contributed by atoms with E-state index in [1.54, 1.807) is 0 Å². The Hall–Kier alpha value is -2.59. The zero-order valence-electron chi connectivity index (χ0n) is 16.8. The third-order valence-electron chi connectivity index (χ3n) is 5.82. The van der Waals surface area contributed by atoms with E-state index >= 15 is 0 Å². The summed E-state index contributed by atoms with van der Waals surface area (Å²) in [6, 6.07) is 1.40. The van der Waals surface area contributed by atoms with E-state index in [1.165, 1.54) is 18.2 Å². The zero-order valence-corrected chi connectivity index (χ0v) is 17.7. The van der Waals surface area contributed by atoms with Crippen LogP contribution in [0.15, 0.2) is 16.9 Å². The molecule has 1 saturated heterocycles. The van der Waals surface area contributed by atoms with E-state index in [1.807, 2.05) is 4.72 Å². The summed E-state index contributed by atoms with van der Waals surface area (Å²) in [6.07, 6.45) is 6.20. The summed E-state index contributed by atoms with van der Waals surface area (Å²) in [4.78, 5) is 12.2. The number of hydrogen-bond donors (Lipinski definition) is 4. The van der Waals surface area contributed by atoms with E-state index in [0.717, 1.165) is 55.3 Å². The van der Waals surface area contributed by atoms with E-state index in [0.29, 0.717) is 12.8 Å². The molecule has 4 rings (SSSR count). The molecule has 0 spiro atoms. The van der Waals surface area contributed by atoms with Crippen molar-refractivity contribution >= 4 is 28.0 Å². The molecule has 162 valence electrons. The fourth-order valence-corrected chi connectivity index (χ4v) is 5.29. The highest BCUT2D eigenvalue weighted by atomic mass is 32.2. The summed E-state index contributed by atoms with van der Waals surface area (Å²) < 4.78 is 38.0. The summed E-state index contributed by atoms with van der Waals surface area (Å²) in [5.41, 5.74) is 5.45. The molecule has 1 aromatic carbocycles. The molecule has 0 aromatic heterocycles. The number of anilines is 1. The molecule has 2 aliphatic carbocycles. The quantitative estimate of drug-likeness (QED) is 0.521. The first-order valence-corrected chi connectivity index (χ1v) is 11.6. The summed E-state index contributed by atoms with van der Waals surface area (Å²) in [6.45, 7) is 0.493. The van der Waals surface area contributed by atoms with Gasteiger partial charge in [0.15, 0.2) is 4.91 Å². The lowest BCUT2D eigenvalue weighted by Gasteiger charge is -2.26. The van der Waals surface area contributed by atoms with Crippen LogP contribution in [0.25, 0.3) is 0 Å². The van der Waals surface area contributed by atoms with Crippen molar-refractivity contribution < 1.29 is 22.7 Å². The molecule has 30 heavy (non-hydrogen) atoms. The fourth-order valence-electron chi connectivity index (χ4n) is 4.35. The van der Waals surface area contributed by atoms with E-state index in [9.17, 15) is 13.2 Å². The lowest BCUT2D eigenvalue weighted by molar-refractivity contribution is 0.00299. The molecule has 2 amide bonds. The number of carbonyl (C=O) groups excluding carboxylic acids is 1. The molecule has 0 saturated carbocycles. The van der Waals surface area contributed by atoms with Crippen molar-refractivity contribution in [2.24, 2.45) is 0 Å². The molecule has 9 nitrogen and oxygen atoms in total. The predicted octanol–water partition coefficient (Wildman–Crippen LogP) is 1.57. The van der Waals surface area contributed by atoms with Crippen LogP contribution in [0.4, 0.5) is 10.5 Å². The summed E-state index contributed by atoms with van der Waals surface area (Å²) >= 11 is 0. The van der Waals surface area contributed by atoms with Crippen molar-refractivity contribution in [1.29, 1.82) is 5.41 Å². The molecule has 1 aliphatic heterocycles. The Bertz CT molecular complexity index is 976. The van der Waals surface area contributed by atoms with Crippen LogP contribution >= 0.6 is 0 Å². The van der Waals surface area contributed by atoms with Crippen LogP contribution in [0.2, 0.25) is 0 Å². The minimum atomic E-state index is -4.30. The number of sulfonamides is 1. The first-order valence-electron chi connectivity index (χ1n) is 10.1. The molecule has 1 unspecified atom stereocenters. The maximum atomic E-state index is 12.7. The number of allylic oxidation sites excluding steroid dienone is 1. The summed E-state index contributed by atoms with van der Waals surface area (Å²) in [5, 5.41) is 13.1. The SMILES string of the molecule is COC1CN/C(=C(\C=N)S(=O)(=O)NC(=O)Nc2c3c(cc4c2CCC4)CCC3)OC1. The van der Waals surface area contributed by atoms with Crippen LogP contribution in [-0.4, -0.2) is 47.0 Å². The number of urea groups is 1. The molecule has 3 aliphatic rings. The van der Waals surface area contributed by atoms with Crippen LogP contribution in [0.5, 0.6) is 0 Å². The second-order valence-corrected chi connectivity index (χ2v) is 9.33. The van der Waals surface area contributed by atoms with Crippen molar-refractivity contribution in [3.05, 3.63) is 39.1 Å². The molecule has 0 radical (unpaired) electrons. The van der Waals surface area contributed by atoms with Crippen molar-refractivity contribution in [2.45, 2.75) is 44.6 Å². The van der Waals surface area contributed by atoms with Gasteiger partial charge >= 0.3 is 6.03 Å². The maximum Gasteiger partial charge on any atom is 0.333 e. The van der Waals surface area contributed by atoms with Gasteiger partial charge in [-0.05, 0) is 60.8 Å². The van der Waals surface area contributed by atoms with E-state index in [2.05, 4.69) is 16.7 Å². The van der Waals surface area contributed by atoms with Gasteiger partial charge in [-0.15, -0.1) is 0 Å². The van der Waals surface area contributed by atoms with Crippen molar-refractivity contribution in [3.8, 4) is 0 Å². The second kappa shape index (κ2) is 8.27. The van der Waals surface area contributed by atoms with Gasteiger partial charge in [0.05, 0.1) is 0 Å². The molecule has 1 heterocycles. The fraction of sp³-hybridized carbons (Fsp3) is 0.500. The van der Waals surface area contributed by atoms with Crippen LogP contribution < -0.4 is 15.4 Å². The number of rotatable bonds is 5. The van der Waals surface area contributed by atoms with Gasteiger partial charge in [0.1, 0.15) is 12.7 Å². The smallest absolute Gasteiger partial charge is 0.333 e. The number of amides is 2.